The second-order valence-electron chi connectivity index (χ2n) is 4.62. The predicted octanol–water partition coefficient (Wildman–Crippen LogP) is 0.751. The first-order chi connectivity index (χ1) is 9.27. The zero-order valence-corrected chi connectivity index (χ0v) is 12.7. The highest BCUT2D eigenvalue weighted by atomic mass is 32.2. The number of ether oxygens (including phenoxy) is 1. The molecule has 0 unspecified atom stereocenters. The van der Waals surface area contributed by atoms with Crippen LogP contribution in [-0.2, 0) is 14.8 Å². The molecule has 0 saturated heterocycles. The summed E-state index contributed by atoms with van der Waals surface area (Å²) in [6, 6.07) is 4.51. The van der Waals surface area contributed by atoms with E-state index in [1.807, 2.05) is 0 Å². The van der Waals surface area contributed by atoms with Gasteiger partial charge in [0.15, 0.2) is 0 Å². The molecule has 112 valence electrons. The van der Waals surface area contributed by atoms with Gasteiger partial charge in [-0.25, -0.2) is 13.6 Å². The lowest BCUT2D eigenvalue weighted by molar-refractivity contribution is 0.0775. The van der Waals surface area contributed by atoms with Crippen LogP contribution in [-0.4, -0.2) is 46.5 Å². The van der Waals surface area contributed by atoms with Crippen LogP contribution in [0.1, 0.15) is 22.3 Å². The largest absolute Gasteiger partial charge is 0.385 e. The molecule has 0 aliphatic carbocycles. The summed E-state index contributed by atoms with van der Waals surface area (Å²) in [6.45, 7) is 2.80. The smallest absolute Gasteiger partial charge is 0.254 e. The van der Waals surface area contributed by atoms with Crippen molar-refractivity contribution in [2.24, 2.45) is 5.14 Å². The molecule has 20 heavy (non-hydrogen) atoms. The number of rotatable bonds is 6. The van der Waals surface area contributed by atoms with Gasteiger partial charge >= 0.3 is 0 Å². The Morgan fingerprint density at radius 1 is 1.40 bits per heavy atom. The number of hydrogen-bond donors (Lipinski definition) is 1. The number of sulfonamides is 1. The van der Waals surface area contributed by atoms with Gasteiger partial charge < -0.3 is 9.64 Å². The minimum Gasteiger partial charge on any atom is -0.385 e. The summed E-state index contributed by atoms with van der Waals surface area (Å²) in [5.41, 5.74) is 0.901. The maximum atomic E-state index is 12.3. The molecule has 1 aromatic carbocycles. The number of benzene rings is 1. The first-order valence-electron chi connectivity index (χ1n) is 6.15. The highest BCUT2D eigenvalue weighted by Crippen LogP contribution is 2.18. The van der Waals surface area contributed by atoms with E-state index >= 15 is 0 Å². The molecule has 0 spiro atoms. The van der Waals surface area contributed by atoms with Crippen molar-refractivity contribution in [3.63, 3.8) is 0 Å². The average molecular weight is 300 g/mol. The van der Waals surface area contributed by atoms with E-state index in [1.165, 1.54) is 17.0 Å². The lowest BCUT2D eigenvalue weighted by Crippen LogP contribution is -2.30. The number of nitrogens with two attached hydrogens (primary N) is 1. The van der Waals surface area contributed by atoms with Gasteiger partial charge in [0.25, 0.3) is 5.91 Å². The van der Waals surface area contributed by atoms with Gasteiger partial charge in [0.2, 0.25) is 10.0 Å². The highest BCUT2D eigenvalue weighted by Gasteiger charge is 2.21. The van der Waals surface area contributed by atoms with E-state index in [0.29, 0.717) is 19.6 Å². The zero-order chi connectivity index (χ0) is 15.3. The first-order valence-corrected chi connectivity index (χ1v) is 7.70. The first kappa shape index (κ1) is 16.6. The molecule has 0 saturated carbocycles. The molecular weight excluding hydrogens is 280 g/mol. The molecule has 0 fully saturated rings. The summed E-state index contributed by atoms with van der Waals surface area (Å²) >= 11 is 0. The van der Waals surface area contributed by atoms with Crippen molar-refractivity contribution < 1.29 is 17.9 Å². The Balaban J connectivity index is 3.06. The van der Waals surface area contributed by atoms with Crippen molar-refractivity contribution in [1.29, 1.82) is 0 Å². The van der Waals surface area contributed by atoms with Crippen LogP contribution in [0.3, 0.4) is 0 Å². The van der Waals surface area contributed by atoms with Gasteiger partial charge in [-0.2, -0.15) is 0 Å². The van der Waals surface area contributed by atoms with Gasteiger partial charge in [0.05, 0.1) is 10.5 Å². The number of carbonyl (C=O) groups is 1. The topological polar surface area (TPSA) is 89.7 Å². The van der Waals surface area contributed by atoms with Crippen LogP contribution in [0.25, 0.3) is 0 Å². The Morgan fingerprint density at radius 3 is 2.60 bits per heavy atom. The van der Waals surface area contributed by atoms with Crippen LogP contribution in [0, 0.1) is 6.92 Å². The lowest BCUT2D eigenvalue weighted by Gasteiger charge is -2.18. The molecule has 1 aromatic rings. The Labute approximate surface area is 119 Å². The summed E-state index contributed by atoms with van der Waals surface area (Å²) in [4.78, 5) is 13.6. The third kappa shape index (κ3) is 4.29. The molecule has 0 aromatic heterocycles. The van der Waals surface area contributed by atoms with Gasteiger partial charge in [0, 0.05) is 27.3 Å². The molecule has 0 heterocycles. The fraction of sp³-hybridized carbons (Fsp3) is 0.462. The van der Waals surface area contributed by atoms with E-state index in [4.69, 9.17) is 9.88 Å². The van der Waals surface area contributed by atoms with Crippen LogP contribution in [0.5, 0.6) is 0 Å². The summed E-state index contributed by atoms with van der Waals surface area (Å²) in [5, 5.41) is 5.15. The molecular formula is C13H20N2O4S. The van der Waals surface area contributed by atoms with E-state index in [2.05, 4.69) is 0 Å². The van der Waals surface area contributed by atoms with Crippen molar-refractivity contribution in [2.45, 2.75) is 18.2 Å². The van der Waals surface area contributed by atoms with Crippen LogP contribution < -0.4 is 5.14 Å². The third-order valence-corrected chi connectivity index (χ3v) is 3.83. The quantitative estimate of drug-likeness (QED) is 0.785. The fourth-order valence-corrected chi connectivity index (χ4v) is 2.52. The van der Waals surface area contributed by atoms with E-state index in [0.717, 1.165) is 5.56 Å². The van der Waals surface area contributed by atoms with Crippen LogP contribution in [0.4, 0.5) is 0 Å². The summed E-state index contributed by atoms with van der Waals surface area (Å²) in [6.07, 6.45) is 0.676. The van der Waals surface area contributed by atoms with Crippen LogP contribution in [0.15, 0.2) is 23.1 Å². The predicted molar refractivity (Wildman–Crippen MR) is 76.0 cm³/mol. The monoisotopic (exact) mass is 300 g/mol. The molecule has 1 rings (SSSR count). The summed E-state index contributed by atoms with van der Waals surface area (Å²) in [5.74, 6) is -0.367. The van der Waals surface area contributed by atoms with Crippen molar-refractivity contribution in [3.8, 4) is 0 Å². The SMILES string of the molecule is COCCCN(C)C(=O)c1cc(C)ccc1S(N)(=O)=O. The van der Waals surface area contributed by atoms with Crippen molar-refractivity contribution in [3.05, 3.63) is 29.3 Å². The Hall–Kier alpha value is -1.44. The van der Waals surface area contributed by atoms with Crippen LogP contribution in [0.2, 0.25) is 0 Å². The van der Waals surface area contributed by atoms with Crippen molar-refractivity contribution in [2.75, 3.05) is 27.3 Å². The van der Waals surface area contributed by atoms with E-state index < -0.39 is 10.0 Å². The minimum absolute atomic E-state index is 0.104. The van der Waals surface area contributed by atoms with Crippen LogP contribution >= 0.6 is 0 Å². The summed E-state index contributed by atoms with van der Waals surface area (Å²) in [7, 11) is -0.723. The fourth-order valence-electron chi connectivity index (χ4n) is 1.81. The zero-order valence-electron chi connectivity index (χ0n) is 11.9. The number of nitrogens with zero attached hydrogens (tertiary/aromatic N) is 1. The van der Waals surface area contributed by atoms with E-state index in [9.17, 15) is 13.2 Å². The second-order valence-corrected chi connectivity index (χ2v) is 6.15. The average Bonchev–Trinajstić information content (AvgIpc) is 2.36. The number of hydrogen-bond acceptors (Lipinski definition) is 4. The van der Waals surface area contributed by atoms with Gasteiger partial charge in [-0.15, -0.1) is 0 Å². The number of methoxy groups -OCH3 is 1. The number of amides is 1. The maximum absolute atomic E-state index is 12.3. The molecule has 1 amide bonds. The van der Waals surface area contributed by atoms with Gasteiger partial charge in [-0.3, -0.25) is 4.79 Å². The van der Waals surface area contributed by atoms with Crippen molar-refractivity contribution in [1.82, 2.24) is 4.90 Å². The molecule has 0 aliphatic heterocycles. The normalized spacial score (nSPS) is 11.4. The molecule has 0 radical (unpaired) electrons. The Morgan fingerprint density at radius 2 is 2.05 bits per heavy atom. The Bertz CT molecular complexity index is 584. The minimum atomic E-state index is -3.93. The lowest BCUT2D eigenvalue weighted by atomic mass is 10.1. The van der Waals surface area contributed by atoms with Gasteiger partial charge in [-0.1, -0.05) is 11.6 Å². The molecule has 2 N–H and O–H groups in total. The third-order valence-electron chi connectivity index (χ3n) is 2.86. The summed E-state index contributed by atoms with van der Waals surface area (Å²) < 4.78 is 28.0. The molecule has 0 aliphatic rings. The van der Waals surface area contributed by atoms with E-state index in [1.54, 1.807) is 27.1 Å². The number of aryl methyl sites for hydroxylation is 1. The van der Waals surface area contributed by atoms with Gasteiger partial charge in [0.1, 0.15) is 0 Å². The number of carbonyl (C=O) groups excluding carboxylic acids is 1. The number of primary sulfonamides is 1. The standard InChI is InChI=1S/C13H20N2O4S/c1-10-5-6-12(20(14,17)18)11(9-10)13(16)15(2)7-4-8-19-3/h5-6,9H,4,7-8H2,1-3H3,(H2,14,17,18). The Kier molecular flexibility index (Phi) is 5.67. The molecule has 7 heteroatoms. The molecule has 6 nitrogen and oxygen atoms in total. The van der Waals surface area contributed by atoms with E-state index in [-0.39, 0.29) is 16.4 Å². The maximum Gasteiger partial charge on any atom is 0.254 e. The molecule has 0 bridgehead atoms. The second kappa shape index (κ2) is 6.83. The van der Waals surface area contributed by atoms with Gasteiger partial charge in [-0.05, 0) is 25.5 Å². The molecule has 0 atom stereocenters. The van der Waals surface area contributed by atoms with Crippen molar-refractivity contribution >= 4 is 15.9 Å². The highest BCUT2D eigenvalue weighted by molar-refractivity contribution is 7.89.